The highest BCUT2D eigenvalue weighted by atomic mass is 79.9. The van der Waals surface area contributed by atoms with Gasteiger partial charge in [-0.25, -0.2) is 4.79 Å². The first kappa shape index (κ1) is 10.4. The maximum atomic E-state index is 11.4. The number of carbonyl (C=O) groups is 1. The van der Waals surface area contributed by atoms with Crippen LogP contribution in [0.5, 0.6) is 0 Å². The van der Waals surface area contributed by atoms with E-state index in [-0.39, 0.29) is 5.97 Å². The smallest absolute Gasteiger partial charge is 0.336 e. The molecular weight excluding hydrogens is 258 g/mol. The first-order valence-corrected chi connectivity index (χ1v) is 5.35. The lowest BCUT2D eigenvalue weighted by Crippen LogP contribution is -2.26. The van der Waals surface area contributed by atoms with Gasteiger partial charge in [-0.3, -0.25) is 4.99 Å². The SMILES string of the molecule is COC(=O)C1=c2cc(Br)c(C)cc2=NC1. The number of carbonyl (C=O) groups excluding carboxylic acids is 1. The summed E-state index contributed by atoms with van der Waals surface area (Å²) in [5.41, 5.74) is 1.75. The summed E-state index contributed by atoms with van der Waals surface area (Å²) in [4.78, 5) is 15.7. The Hall–Kier alpha value is -1.16. The lowest BCUT2D eigenvalue weighted by atomic mass is 10.1. The van der Waals surface area contributed by atoms with Gasteiger partial charge >= 0.3 is 5.97 Å². The molecule has 0 bridgehead atoms. The summed E-state index contributed by atoms with van der Waals surface area (Å²) in [5, 5.41) is 1.75. The Kier molecular flexibility index (Phi) is 2.61. The third-order valence-electron chi connectivity index (χ3n) is 2.44. The Morgan fingerprint density at radius 3 is 2.93 bits per heavy atom. The molecule has 1 heterocycles. The summed E-state index contributed by atoms with van der Waals surface area (Å²) in [6, 6.07) is 3.89. The Morgan fingerprint density at radius 2 is 2.27 bits per heavy atom. The Bertz CT molecular complexity index is 548. The molecule has 2 rings (SSSR count). The Balaban J connectivity index is 2.73. The van der Waals surface area contributed by atoms with Crippen LogP contribution in [0.3, 0.4) is 0 Å². The molecule has 78 valence electrons. The molecule has 0 amide bonds. The molecule has 0 aromatic heterocycles. The van der Waals surface area contributed by atoms with Crippen LogP contribution in [0.15, 0.2) is 21.6 Å². The molecule has 15 heavy (non-hydrogen) atoms. The van der Waals surface area contributed by atoms with Crippen molar-refractivity contribution in [3.8, 4) is 0 Å². The van der Waals surface area contributed by atoms with E-state index in [4.69, 9.17) is 4.74 Å². The molecule has 4 heteroatoms. The van der Waals surface area contributed by atoms with E-state index in [0.29, 0.717) is 12.1 Å². The number of hydrogen-bond donors (Lipinski definition) is 0. The molecule has 0 atom stereocenters. The minimum atomic E-state index is -0.298. The van der Waals surface area contributed by atoms with Crippen LogP contribution in [0.4, 0.5) is 0 Å². The summed E-state index contributed by atoms with van der Waals surface area (Å²) in [6.45, 7) is 2.41. The van der Waals surface area contributed by atoms with Gasteiger partial charge in [-0.1, -0.05) is 15.9 Å². The van der Waals surface area contributed by atoms with Crippen molar-refractivity contribution in [1.29, 1.82) is 0 Å². The second kappa shape index (κ2) is 3.77. The highest BCUT2D eigenvalue weighted by Gasteiger charge is 2.15. The molecular formula is C11H10BrNO2. The molecule has 0 fully saturated rings. The first-order chi connectivity index (χ1) is 7.13. The number of aryl methyl sites for hydroxylation is 1. The van der Waals surface area contributed by atoms with Crippen LogP contribution in [0.2, 0.25) is 0 Å². The summed E-state index contributed by atoms with van der Waals surface area (Å²) < 4.78 is 5.70. The van der Waals surface area contributed by atoms with Crippen LogP contribution in [-0.2, 0) is 9.53 Å². The van der Waals surface area contributed by atoms with Crippen molar-refractivity contribution in [2.75, 3.05) is 13.7 Å². The average Bonchev–Trinajstić information content (AvgIpc) is 2.61. The quantitative estimate of drug-likeness (QED) is 0.704. The zero-order chi connectivity index (χ0) is 11.0. The number of benzene rings is 1. The van der Waals surface area contributed by atoms with E-state index in [0.717, 1.165) is 20.6 Å². The molecule has 3 nitrogen and oxygen atoms in total. The van der Waals surface area contributed by atoms with Gasteiger partial charge in [-0.2, -0.15) is 0 Å². The monoisotopic (exact) mass is 267 g/mol. The molecule has 1 aromatic carbocycles. The molecule has 0 aliphatic carbocycles. The van der Waals surface area contributed by atoms with Crippen molar-refractivity contribution in [3.05, 3.63) is 32.7 Å². The van der Waals surface area contributed by atoms with Crippen LogP contribution in [-0.4, -0.2) is 19.6 Å². The van der Waals surface area contributed by atoms with Crippen molar-refractivity contribution in [2.45, 2.75) is 6.92 Å². The molecule has 0 unspecified atom stereocenters. The summed E-state index contributed by atoms with van der Waals surface area (Å²) >= 11 is 3.44. The molecule has 0 saturated carbocycles. The number of fused-ring (bicyclic) bond motifs is 1. The van der Waals surface area contributed by atoms with Crippen molar-refractivity contribution >= 4 is 27.5 Å². The van der Waals surface area contributed by atoms with E-state index in [1.807, 2.05) is 19.1 Å². The van der Waals surface area contributed by atoms with Gasteiger partial charge in [0.25, 0.3) is 0 Å². The number of esters is 1. The van der Waals surface area contributed by atoms with Crippen LogP contribution in [0, 0.1) is 6.92 Å². The number of nitrogens with zero attached hydrogens (tertiary/aromatic N) is 1. The highest BCUT2D eigenvalue weighted by molar-refractivity contribution is 9.10. The number of rotatable bonds is 1. The normalized spacial score (nSPS) is 13.4. The maximum absolute atomic E-state index is 11.4. The van der Waals surface area contributed by atoms with Crippen molar-refractivity contribution < 1.29 is 9.53 Å². The topological polar surface area (TPSA) is 38.7 Å². The van der Waals surface area contributed by atoms with Crippen molar-refractivity contribution in [2.24, 2.45) is 4.99 Å². The predicted octanol–water partition coefficient (Wildman–Crippen LogP) is 0.714. The summed E-state index contributed by atoms with van der Waals surface area (Å²) in [6.07, 6.45) is 0. The van der Waals surface area contributed by atoms with Gasteiger partial charge in [0.2, 0.25) is 0 Å². The molecule has 0 N–H and O–H groups in total. The fourth-order valence-electron chi connectivity index (χ4n) is 1.59. The summed E-state index contributed by atoms with van der Waals surface area (Å²) in [5.74, 6) is -0.298. The minimum absolute atomic E-state index is 0.298. The van der Waals surface area contributed by atoms with Crippen LogP contribution < -0.4 is 10.6 Å². The van der Waals surface area contributed by atoms with Gasteiger partial charge in [-0.15, -0.1) is 0 Å². The standard InChI is InChI=1S/C11H10BrNO2/c1-6-3-10-7(4-9(6)12)8(5-13-10)11(14)15-2/h3-4H,5H2,1-2H3. The molecule has 1 aliphatic heterocycles. The Labute approximate surface area is 95.6 Å². The maximum Gasteiger partial charge on any atom is 0.336 e. The van der Waals surface area contributed by atoms with Crippen LogP contribution in [0.1, 0.15) is 5.56 Å². The summed E-state index contributed by atoms with van der Waals surface area (Å²) in [7, 11) is 1.39. The number of ether oxygens (including phenoxy) is 1. The van der Waals surface area contributed by atoms with Gasteiger partial charge in [0.05, 0.1) is 24.6 Å². The van der Waals surface area contributed by atoms with E-state index in [9.17, 15) is 4.79 Å². The molecule has 1 aliphatic rings. The molecule has 0 saturated heterocycles. The number of hydrogen-bond acceptors (Lipinski definition) is 3. The van der Waals surface area contributed by atoms with E-state index in [2.05, 4.69) is 20.9 Å². The van der Waals surface area contributed by atoms with Gasteiger partial charge in [0.1, 0.15) is 0 Å². The average molecular weight is 268 g/mol. The predicted molar refractivity (Wildman–Crippen MR) is 60.0 cm³/mol. The fourth-order valence-corrected chi connectivity index (χ4v) is 1.93. The van der Waals surface area contributed by atoms with E-state index < -0.39 is 0 Å². The number of methoxy groups -OCH3 is 1. The lowest BCUT2D eigenvalue weighted by Gasteiger charge is -1.99. The second-order valence-corrected chi connectivity index (χ2v) is 4.26. The Morgan fingerprint density at radius 1 is 1.53 bits per heavy atom. The zero-order valence-corrected chi connectivity index (χ0v) is 10.1. The first-order valence-electron chi connectivity index (χ1n) is 4.55. The fraction of sp³-hybridized carbons (Fsp3) is 0.273. The number of halogens is 1. The van der Waals surface area contributed by atoms with E-state index in [1.54, 1.807) is 0 Å². The minimum Gasteiger partial charge on any atom is -0.466 e. The van der Waals surface area contributed by atoms with Crippen LogP contribution in [0.25, 0.3) is 5.57 Å². The largest absolute Gasteiger partial charge is 0.466 e. The van der Waals surface area contributed by atoms with Gasteiger partial charge < -0.3 is 4.74 Å². The van der Waals surface area contributed by atoms with Gasteiger partial charge in [0, 0.05) is 9.69 Å². The van der Waals surface area contributed by atoms with E-state index >= 15 is 0 Å². The lowest BCUT2D eigenvalue weighted by molar-refractivity contribution is -0.133. The second-order valence-electron chi connectivity index (χ2n) is 3.40. The molecule has 0 radical (unpaired) electrons. The van der Waals surface area contributed by atoms with Crippen molar-refractivity contribution in [1.82, 2.24) is 0 Å². The zero-order valence-electron chi connectivity index (χ0n) is 8.50. The van der Waals surface area contributed by atoms with Crippen LogP contribution >= 0.6 is 15.9 Å². The van der Waals surface area contributed by atoms with Gasteiger partial charge in [0.15, 0.2) is 0 Å². The molecule has 0 spiro atoms. The van der Waals surface area contributed by atoms with E-state index in [1.165, 1.54) is 7.11 Å². The third-order valence-corrected chi connectivity index (χ3v) is 3.30. The molecule has 1 aromatic rings. The van der Waals surface area contributed by atoms with Crippen molar-refractivity contribution in [3.63, 3.8) is 0 Å². The highest BCUT2D eigenvalue weighted by Crippen LogP contribution is 2.12. The van der Waals surface area contributed by atoms with Gasteiger partial charge in [-0.05, 0) is 24.6 Å². The third kappa shape index (κ3) is 1.69.